The molecule has 0 heterocycles. The van der Waals surface area contributed by atoms with Gasteiger partial charge in [0, 0.05) is 0 Å². The van der Waals surface area contributed by atoms with Crippen molar-refractivity contribution in [2.75, 3.05) is 0 Å². The first-order chi connectivity index (χ1) is 10.4. The molecule has 1 aliphatic carbocycles. The van der Waals surface area contributed by atoms with Gasteiger partial charge in [-0.2, -0.15) is 0 Å². The normalized spacial score (nSPS) is 10.7. The van der Waals surface area contributed by atoms with Gasteiger partial charge in [0.1, 0.15) is 0 Å². The second-order valence-corrected chi connectivity index (χ2v) is 4.65. The SMILES string of the molecule is CC.CC.c1ccc2c(c1)Cc1ccc3ccccc3c1-2. The van der Waals surface area contributed by atoms with Crippen LogP contribution in [-0.2, 0) is 6.42 Å². The Kier molecular flexibility index (Phi) is 5.16. The molecule has 0 amide bonds. The van der Waals surface area contributed by atoms with E-state index >= 15 is 0 Å². The summed E-state index contributed by atoms with van der Waals surface area (Å²) in [4.78, 5) is 0. The van der Waals surface area contributed by atoms with Crippen LogP contribution in [0.4, 0.5) is 0 Å². The maximum absolute atomic E-state index is 2.28. The Morgan fingerprint density at radius 2 is 1.29 bits per heavy atom. The Morgan fingerprint density at radius 1 is 0.619 bits per heavy atom. The fraction of sp³-hybridized carbons (Fsp3) is 0.238. The minimum absolute atomic E-state index is 1.08. The van der Waals surface area contributed by atoms with Crippen LogP contribution in [0.15, 0.2) is 60.7 Å². The van der Waals surface area contributed by atoms with Crippen LogP contribution >= 0.6 is 0 Å². The maximum Gasteiger partial charge on any atom is -0.00132 e. The molecule has 0 aliphatic heterocycles. The number of fused-ring (bicyclic) bond motifs is 5. The molecule has 0 saturated carbocycles. The van der Waals surface area contributed by atoms with E-state index in [-0.39, 0.29) is 0 Å². The Balaban J connectivity index is 0.000000374. The quantitative estimate of drug-likeness (QED) is 0.345. The molecule has 0 heteroatoms. The molecule has 21 heavy (non-hydrogen) atoms. The fourth-order valence-corrected chi connectivity index (χ4v) is 2.91. The lowest BCUT2D eigenvalue weighted by Crippen LogP contribution is -1.81. The van der Waals surface area contributed by atoms with Crippen LogP contribution in [0.3, 0.4) is 0 Å². The molecule has 0 bridgehead atoms. The Bertz CT molecular complexity index is 723. The monoisotopic (exact) mass is 276 g/mol. The predicted octanol–water partition coefficient (Wildman–Crippen LogP) is 6.46. The molecular weight excluding hydrogens is 252 g/mol. The van der Waals surface area contributed by atoms with Crippen LogP contribution in [0.1, 0.15) is 38.8 Å². The van der Waals surface area contributed by atoms with Gasteiger partial charge < -0.3 is 0 Å². The predicted molar refractivity (Wildman–Crippen MR) is 94.9 cm³/mol. The molecule has 108 valence electrons. The first-order valence-corrected chi connectivity index (χ1v) is 8.02. The second-order valence-electron chi connectivity index (χ2n) is 4.65. The average molecular weight is 276 g/mol. The number of hydrogen-bond acceptors (Lipinski definition) is 0. The lowest BCUT2D eigenvalue weighted by molar-refractivity contribution is 1.27. The van der Waals surface area contributed by atoms with Crippen LogP contribution in [-0.4, -0.2) is 0 Å². The summed E-state index contributed by atoms with van der Waals surface area (Å²) in [6.45, 7) is 8.00. The topological polar surface area (TPSA) is 0 Å². The van der Waals surface area contributed by atoms with Crippen molar-refractivity contribution in [2.24, 2.45) is 0 Å². The molecule has 0 unspecified atom stereocenters. The van der Waals surface area contributed by atoms with Gasteiger partial charge in [-0.25, -0.2) is 0 Å². The molecule has 0 radical (unpaired) electrons. The van der Waals surface area contributed by atoms with E-state index in [0.29, 0.717) is 0 Å². The molecule has 3 aromatic rings. The second kappa shape index (κ2) is 7.08. The van der Waals surface area contributed by atoms with E-state index in [0.717, 1.165) is 6.42 Å². The lowest BCUT2D eigenvalue weighted by Gasteiger charge is -2.06. The van der Waals surface area contributed by atoms with Crippen molar-refractivity contribution in [3.05, 3.63) is 71.8 Å². The van der Waals surface area contributed by atoms with Crippen molar-refractivity contribution in [1.29, 1.82) is 0 Å². The minimum atomic E-state index is 1.08. The van der Waals surface area contributed by atoms with Crippen molar-refractivity contribution >= 4 is 10.8 Å². The molecule has 0 saturated heterocycles. The smallest absolute Gasteiger partial charge is 0.00132 e. The van der Waals surface area contributed by atoms with Gasteiger partial charge in [-0.3, -0.25) is 0 Å². The van der Waals surface area contributed by atoms with Gasteiger partial charge in [-0.1, -0.05) is 88.4 Å². The largest absolute Gasteiger partial charge is 0.0683 e. The summed E-state index contributed by atoms with van der Waals surface area (Å²) >= 11 is 0. The van der Waals surface area contributed by atoms with E-state index in [4.69, 9.17) is 0 Å². The van der Waals surface area contributed by atoms with Crippen LogP contribution in [0, 0.1) is 0 Å². The first kappa shape index (κ1) is 15.3. The zero-order valence-corrected chi connectivity index (χ0v) is 13.5. The first-order valence-electron chi connectivity index (χ1n) is 8.02. The third-order valence-corrected chi connectivity index (χ3v) is 3.68. The molecule has 0 fully saturated rings. The maximum atomic E-state index is 2.28. The number of rotatable bonds is 0. The van der Waals surface area contributed by atoms with E-state index in [1.165, 1.54) is 33.0 Å². The molecule has 0 N–H and O–H groups in total. The zero-order chi connectivity index (χ0) is 15.2. The van der Waals surface area contributed by atoms with Gasteiger partial charge >= 0.3 is 0 Å². The third kappa shape index (κ3) is 2.71. The molecule has 4 rings (SSSR count). The number of hydrogen-bond donors (Lipinski definition) is 0. The van der Waals surface area contributed by atoms with Crippen molar-refractivity contribution in [2.45, 2.75) is 34.1 Å². The standard InChI is InChI=1S/C17H12.2C2H6/c1-3-7-15-12(5-1)9-10-14-11-13-6-2-4-8-16(13)17(14)15;2*1-2/h1-10H,11H2;2*1-2H3. The highest BCUT2D eigenvalue weighted by Gasteiger charge is 2.19. The zero-order valence-electron chi connectivity index (χ0n) is 13.5. The molecule has 1 aliphatic rings. The summed E-state index contributed by atoms with van der Waals surface area (Å²) in [6.07, 6.45) is 1.08. The van der Waals surface area contributed by atoms with Crippen LogP contribution < -0.4 is 0 Å². The Morgan fingerprint density at radius 3 is 2.10 bits per heavy atom. The van der Waals surface area contributed by atoms with Gasteiger partial charge in [0.15, 0.2) is 0 Å². The van der Waals surface area contributed by atoms with E-state index in [1.54, 1.807) is 0 Å². The van der Waals surface area contributed by atoms with Crippen LogP contribution in [0.2, 0.25) is 0 Å². The van der Waals surface area contributed by atoms with Gasteiger partial charge in [0.2, 0.25) is 0 Å². The number of benzene rings is 3. The molecule has 3 aromatic carbocycles. The molecular formula is C21H24. The highest BCUT2D eigenvalue weighted by Crippen LogP contribution is 2.40. The van der Waals surface area contributed by atoms with Gasteiger partial charge in [-0.05, 0) is 39.4 Å². The van der Waals surface area contributed by atoms with Crippen LogP contribution in [0.5, 0.6) is 0 Å². The fourth-order valence-electron chi connectivity index (χ4n) is 2.91. The van der Waals surface area contributed by atoms with E-state index in [9.17, 15) is 0 Å². The summed E-state index contributed by atoms with van der Waals surface area (Å²) in [5.74, 6) is 0. The van der Waals surface area contributed by atoms with E-state index in [1.807, 2.05) is 27.7 Å². The van der Waals surface area contributed by atoms with E-state index < -0.39 is 0 Å². The Labute approximate surface area is 128 Å². The van der Waals surface area contributed by atoms with Crippen LogP contribution in [0.25, 0.3) is 21.9 Å². The minimum Gasteiger partial charge on any atom is -0.0683 e. The molecule has 0 atom stereocenters. The summed E-state index contributed by atoms with van der Waals surface area (Å²) in [7, 11) is 0. The third-order valence-electron chi connectivity index (χ3n) is 3.68. The lowest BCUT2D eigenvalue weighted by atomic mass is 9.98. The molecule has 0 spiro atoms. The van der Waals surface area contributed by atoms with Crippen molar-refractivity contribution in [3.63, 3.8) is 0 Å². The van der Waals surface area contributed by atoms with Gasteiger partial charge in [-0.15, -0.1) is 0 Å². The Hall–Kier alpha value is -2.08. The van der Waals surface area contributed by atoms with Gasteiger partial charge in [0.25, 0.3) is 0 Å². The highest BCUT2D eigenvalue weighted by molar-refractivity contribution is 6.00. The van der Waals surface area contributed by atoms with E-state index in [2.05, 4.69) is 60.7 Å². The molecule has 0 nitrogen and oxygen atoms in total. The molecule has 0 aromatic heterocycles. The summed E-state index contributed by atoms with van der Waals surface area (Å²) < 4.78 is 0. The van der Waals surface area contributed by atoms with Crippen molar-refractivity contribution in [1.82, 2.24) is 0 Å². The summed E-state index contributed by atoms with van der Waals surface area (Å²) in [5, 5.41) is 2.72. The summed E-state index contributed by atoms with van der Waals surface area (Å²) in [5.41, 5.74) is 5.78. The average Bonchev–Trinajstić information content (AvgIpc) is 2.97. The van der Waals surface area contributed by atoms with Crippen molar-refractivity contribution in [3.8, 4) is 11.1 Å². The summed E-state index contributed by atoms with van der Waals surface area (Å²) in [6, 6.07) is 21.9. The highest BCUT2D eigenvalue weighted by atomic mass is 14.2. The van der Waals surface area contributed by atoms with Crippen molar-refractivity contribution < 1.29 is 0 Å². The van der Waals surface area contributed by atoms with Gasteiger partial charge in [0.05, 0.1) is 0 Å².